The molecule has 7 heteroatoms. The van der Waals surface area contributed by atoms with Crippen molar-refractivity contribution in [3.63, 3.8) is 0 Å². The number of nitrogens with two attached hydrogens (primary N) is 1. The second kappa shape index (κ2) is 5.99. The van der Waals surface area contributed by atoms with E-state index in [2.05, 4.69) is 10.1 Å². The fourth-order valence-electron chi connectivity index (χ4n) is 1.37. The van der Waals surface area contributed by atoms with Crippen molar-refractivity contribution in [3.8, 4) is 11.5 Å². The minimum Gasteiger partial charge on any atom is -0.452 e. The molecule has 18 heavy (non-hydrogen) atoms. The normalized spacial score (nSPS) is 12.8. The van der Waals surface area contributed by atoms with E-state index < -0.39 is 6.04 Å². The van der Waals surface area contributed by atoms with Crippen LogP contribution >= 0.6 is 11.6 Å². The summed E-state index contributed by atoms with van der Waals surface area (Å²) in [5.74, 6) is 0.674. The number of nitrogens with zero attached hydrogens (tertiary/aromatic N) is 2. The van der Waals surface area contributed by atoms with Crippen LogP contribution < -0.4 is 5.73 Å². The summed E-state index contributed by atoms with van der Waals surface area (Å²) in [6.45, 7) is 3.04. The van der Waals surface area contributed by atoms with Crippen molar-refractivity contribution in [2.24, 2.45) is 5.73 Å². The van der Waals surface area contributed by atoms with Crippen LogP contribution in [0.4, 0.5) is 0 Å². The number of rotatable bonds is 6. The molecule has 0 aliphatic heterocycles. The third-order valence-corrected chi connectivity index (χ3v) is 2.56. The van der Waals surface area contributed by atoms with E-state index in [4.69, 9.17) is 31.0 Å². The van der Waals surface area contributed by atoms with Gasteiger partial charge in [-0.05, 0) is 24.1 Å². The molecule has 2 aromatic rings. The molecule has 1 unspecified atom stereocenters. The molecule has 0 saturated heterocycles. The molecule has 0 aliphatic rings. The second-order valence-corrected chi connectivity index (χ2v) is 4.09. The van der Waals surface area contributed by atoms with E-state index in [-0.39, 0.29) is 11.1 Å². The monoisotopic (exact) mass is 271 g/mol. The van der Waals surface area contributed by atoms with E-state index in [0.29, 0.717) is 24.6 Å². The molecule has 2 rings (SSSR count). The lowest BCUT2D eigenvalue weighted by molar-refractivity contribution is 0.119. The summed E-state index contributed by atoms with van der Waals surface area (Å²) in [7, 11) is 0. The Balaban J connectivity index is 2.04. The van der Waals surface area contributed by atoms with Gasteiger partial charge in [-0.1, -0.05) is 12.1 Å². The van der Waals surface area contributed by atoms with Crippen LogP contribution in [0.15, 0.2) is 21.3 Å². The van der Waals surface area contributed by atoms with Gasteiger partial charge >= 0.3 is 0 Å². The fraction of sp³-hybridized carbons (Fsp3) is 0.455. The van der Waals surface area contributed by atoms with Gasteiger partial charge in [-0.3, -0.25) is 0 Å². The smallest absolute Gasteiger partial charge is 0.262 e. The SMILES string of the molecule is CCCOCC(N)c1noc(-c2ccoc2Cl)n1. The van der Waals surface area contributed by atoms with Crippen molar-refractivity contribution < 1.29 is 13.7 Å². The lowest BCUT2D eigenvalue weighted by Crippen LogP contribution is -2.18. The highest BCUT2D eigenvalue weighted by Crippen LogP contribution is 2.27. The van der Waals surface area contributed by atoms with Crippen LogP contribution in [0.25, 0.3) is 11.5 Å². The van der Waals surface area contributed by atoms with Gasteiger partial charge in [-0.15, -0.1) is 0 Å². The molecule has 0 bridgehead atoms. The molecular weight excluding hydrogens is 258 g/mol. The minimum atomic E-state index is -0.417. The Bertz CT molecular complexity index is 497. The molecule has 98 valence electrons. The summed E-state index contributed by atoms with van der Waals surface area (Å²) in [5, 5.41) is 4.01. The lowest BCUT2D eigenvalue weighted by atomic mass is 10.3. The first kappa shape index (κ1) is 13.1. The van der Waals surface area contributed by atoms with Crippen LogP contribution in [-0.2, 0) is 4.74 Å². The summed E-state index contributed by atoms with van der Waals surface area (Å²) in [6, 6.07) is 1.23. The molecule has 0 saturated carbocycles. The van der Waals surface area contributed by atoms with Gasteiger partial charge < -0.3 is 19.4 Å². The van der Waals surface area contributed by atoms with E-state index in [0.717, 1.165) is 6.42 Å². The van der Waals surface area contributed by atoms with Crippen molar-refractivity contribution in [1.29, 1.82) is 0 Å². The van der Waals surface area contributed by atoms with E-state index in [1.54, 1.807) is 6.07 Å². The summed E-state index contributed by atoms with van der Waals surface area (Å²) in [6.07, 6.45) is 2.39. The fourth-order valence-corrected chi connectivity index (χ4v) is 1.57. The molecule has 2 N–H and O–H groups in total. The maximum Gasteiger partial charge on any atom is 0.262 e. The molecule has 0 aliphatic carbocycles. The number of ether oxygens (including phenoxy) is 1. The molecule has 6 nitrogen and oxygen atoms in total. The van der Waals surface area contributed by atoms with E-state index in [1.807, 2.05) is 6.92 Å². The lowest BCUT2D eigenvalue weighted by Gasteiger charge is -2.06. The Morgan fingerprint density at radius 1 is 1.56 bits per heavy atom. The number of furan rings is 1. The Morgan fingerprint density at radius 2 is 2.39 bits per heavy atom. The van der Waals surface area contributed by atoms with Crippen LogP contribution in [0.1, 0.15) is 25.2 Å². The van der Waals surface area contributed by atoms with Crippen LogP contribution in [0.5, 0.6) is 0 Å². The van der Waals surface area contributed by atoms with Gasteiger partial charge in [0.15, 0.2) is 5.82 Å². The maximum absolute atomic E-state index is 5.87. The Morgan fingerprint density at radius 3 is 3.06 bits per heavy atom. The Labute approximate surface area is 109 Å². The number of aromatic nitrogens is 2. The van der Waals surface area contributed by atoms with E-state index in [1.165, 1.54) is 6.26 Å². The second-order valence-electron chi connectivity index (χ2n) is 3.75. The highest BCUT2D eigenvalue weighted by Gasteiger charge is 2.18. The van der Waals surface area contributed by atoms with Gasteiger partial charge in [0.05, 0.1) is 24.5 Å². The zero-order valence-corrected chi connectivity index (χ0v) is 10.7. The third kappa shape index (κ3) is 2.90. The first-order valence-electron chi connectivity index (χ1n) is 5.62. The highest BCUT2D eigenvalue weighted by atomic mass is 35.5. The average molecular weight is 272 g/mol. The first-order chi connectivity index (χ1) is 8.72. The van der Waals surface area contributed by atoms with Gasteiger partial charge in [-0.2, -0.15) is 4.98 Å². The average Bonchev–Trinajstić information content (AvgIpc) is 2.97. The van der Waals surface area contributed by atoms with Crippen molar-refractivity contribution in [2.45, 2.75) is 19.4 Å². The van der Waals surface area contributed by atoms with Gasteiger partial charge in [0.1, 0.15) is 0 Å². The minimum absolute atomic E-state index is 0.209. The number of halogens is 1. The molecule has 0 aromatic carbocycles. The Hall–Kier alpha value is -1.37. The van der Waals surface area contributed by atoms with Crippen molar-refractivity contribution >= 4 is 11.6 Å². The van der Waals surface area contributed by atoms with Crippen LogP contribution in [0.3, 0.4) is 0 Å². The zero-order valence-electron chi connectivity index (χ0n) is 9.93. The molecule has 2 aromatic heterocycles. The molecule has 0 fully saturated rings. The predicted octanol–water partition coefficient (Wildman–Crippen LogP) is 2.41. The van der Waals surface area contributed by atoms with Crippen LogP contribution in [0, 0.1) is 0 Å². The zero-order chi connectivity index (χ0) is 13.0. The van der Waals surface area contributed by atoms with Crippen molar-refractivity contribution in [2.75, 3.05) is 13.2 Å². The van der Waals surface area contributed by atoms with Gasteiger partial charge in [-0.25, -0.2) is 0 Å². The summed E-state index contributed by atoms with van der Waals surface area (Å²) >= 11 is 5.82. The Kier molecular flexibility index (Phi) is 4.35. The molecular formula is C11H14ClN3O3. The first-order valence-corrected chi connectivity index (χ1v) is 6.00. The maximum atomic E-state index is 5.87. The summed E-state index contributed by atoms with van der Waals surface area (Å²) in [5.41, 5.74) is 6.43. The summed E-state index contributed by atoms with van der Waals surface area (Å²) in [4.78, 5) is 4.16. The van der Waals surface area contributed by atoms with Crippen molar-refractivity contribution in [3.05, 3.63) is 23.4 Å². The van der Waals surface area contributed by atoms with Crippen LogP contribution in [0.2, 0.25) is 5.22 Å². The third-order valence-electron chi connectivity index (χ3n) is 2.27. The van der Waals surface area contributed by atoms with E-state index >= 15 is 0 Å². The van der Waals surface area contributed by atoms with E-state index in [9.17, 15) is 0 Å². The number of hydrogen-bond donors (Lipinski definition) is 1. The van der Waals surface area contributed by atoms with Gasteiger partial charge in [0.25, 0.3) is 5.89 Å². The molecule has 0 amide bonds. The molecule has 0 spiro atoms. The number of hydrogen-bond acceptors (Lipinski definition) is 6. The standard InChI is InChI=1S/C11H14ClN3O3/c1-2-4-16-6-8(13)10-14-11(18-15-10)7-3-5-17-9(7)12/h3,5,8H,2,4,6,13H2,1H3. The molecule has 1 atom stereocenters. The summed E-state index contributed by atoms with van der Waals surface area (Å²) < 4.78 is 15.4. The topological polar surface area (TPSA) is 87.3 Å². The van der Waals surface area contributed by atoms with Crippen molar-refractivity contribution in [1.82, 2.24) is 10.1 Å². The highest BCUT2D eigenvalue weighted by molar-refractivity contribution is 6.31. The molecule has 2 heterocycles. The van der Waals surface area contributed by atoms with Gasteiger partial charge in [0.2, 0.25) is 5.22 Å². The molecule has 0 radical (unpaired) electrons. The predicted molar refractivity (Wildman–Crippen MR) is 65.0 cm³/mol. The quantitative estimate of drug-likeness (QED) is 0.812. The van der Waals surface area contributed by atoms with Gasteiger partial charge in [0, 0.05) is 6.61 Å². The largest absolute Gasteiger partial charge is 0.452 e. The van der Waals surface area contributed by atoms with Crippen LogP contribution in [-0.4, -0.2) is 23.4 Å².